The van der Waals surface area contributed by atoms with Crippen LogP contribution in [0, 0.1) is 6.92 Å². The molecule has 0 spiro atoms. The summed E-state index contributed by atoms with van der Waals surface area (Å²) in [5, 5.41) is 19.5. The molecule has 0 unspecified atom stereocenters. The highest BCUT2D eigenvalue weighted by atomic mass is 16.5. The number of methoxy groups -OCH3 is 1. The van der Waals surface area contributed by atoms with E-state index < -0.39 is 0 Å². The van der Waals surface area contributed by atoms with Crippen LogP contribution in [0.15, 0.2) is 6.07 Å². The van der Waals surface area contributed by atoms with Crippen LogP contribution < -0.4 is 4.74 Å². The predicted molar refractivity (Wildman–Crippen MR) is 58.5 cm³/mol. The smallest absolute Gasteiger partial charge is 0.168 e. The third-order valence-corrected chi connectivity index (χ3v) is 2.20. The normalized spacial score (nSPS) is 10.7. The molecule has 1 rings (SSSR count). The van der Waals surface area contributed by atoms with Gasteiger partial charge in [-0.3, -0.25) is 0 Å². The Balaban J connectivity index is 3.29. The lowest BCUT2D eigenvalue weighted by Gasteiger charge is -2.17. The van der Waals surface area contributed by atoms with E-state index in [0.29, 0.717) is 23.4 Å². The number of aryl methyl sites for hydroxylation is 1. The Bertz CT molecular complexity index is 361. The van der Waals surface area contributed by atoms with Crippen molar-refractivity contribution in [1.29, 1.82) is 0 Å². The first-order valence-corrected chi connectivity index (χ1v) is 4.70. The summed E-state index contributed by atoms with van der Waals surface area (Å²) < 4.78 is 5.10. The average molecular weight is 211 g/mol. The first-order valence-electron chi connectivity index (χ1n) is 4.70. The van der Waals surface area contributed by atoms with Crippen molar-refractivity contribution >= 4 is 0 Å². The van der Waals surface area contributed by atoms with E-state index in [0.717, 1.165) is 0 Å². The molecule has 0 aliphatic rings. The third-order valence-electron chi connectivity index (χ3n) is 2.20. The van der Waals surface area contributed by atoms with Gasteiger partial charge in [-0.15, -0.1) is 0 Å². The van der Waals surface area contributed by atoms with Gasteiger partial charge < -0.3 is 19.8 Å². The number of ether oxygens (including phenoxy) is 1. The van der Waals surface area contributed by atoms with E-state index in [1.54, 1.807) is 6.92 Å². The summed E-state index contributed by atoms with van der Waals surface area (Å²) in [5.74, 6) is 0.587. The largest absolute Gasteiger partial charge is 0.507 e. The number of rotatable bonds is 3. The van der Waals surface area contributed by atoms with Crippen LogP contribution in [-0.4, -0.2) is 36.3 Å². The second-order valence-electron chi connectivity index (χ2n) is 3.81. The van der Waals surface area contributed by atoms with Crippen LogP contribution in [0.5, 0.6) is 17.2 Å². The second kappa shape index (κ2) is 4.40. The third kappa shape index (κ3) is 2.33. The fraction of sp³-hybridized carbons (Fsp3) is 0.455. The predicted octanol–water partition coefficient (Wildman–Crippen LogP) is 1.48. The molecule has 84 valence electrons. The molecule has 1 aromatic rings. The molecule has 0 bridgehead atoms. The summed E-state index contributed by atoms with van der Waals surface area (Å²) in [6.07, 6.45) is 0. The fourth-order valence-electron chi connectivity index (χ4n) is 1.49. The standard InChI is InChI=1S/C11H17NO3/c1-7-5-9(13)8(6-12(2)3)11(15-4)10(7)14/h5,13-14H,6H2,1-4H3. The van der Waals surface area contributed by atoms with Crippen molar-refractivity contribution in [3.05, 3.63) is 17.2 Å². The molecule has 15 heavy (non-hydrogen) atoms. The van der Waals surface area contributed by atoms with Crippen LogP contribution in [0.3, 0.4) is 0 Å². The van der Waals surface area contributed by atoms with Gasteiger partial charge in [0.15, 0.2) is 11.5 Å². The van der Waals surface area contributed by atoms with E-state index in [-0.39, 0.29) is 11.5 Å². The zero-order chi connectivity index (χ0) is 11.6. The highest BCUT2D eigenvalue weighted by Crippen LogP contribution is 2.39. The van der Waals surface area contributed by atoms with Gasteiger partial charge in [0.1, 0.15) is 5.75 Å². The van der Waals surface area contributed by atoms with Gasteiger partial charge in [-0.25, -0.2) is 0 Å². The molecule has 2 N–H and O–H groups in total. The molecule has 0 heterocycles. The number of hydrogen-bond acceptors (Lipinski definition) is 4. The topological polar surface area (TPSA) is 52.9 Å². The van der Waals surface area contributed by atoms with Gasteiger partial charge in [0.25, 0.3) is 0 Å². The van der Waals surface area contributed by atoms with Gasteiger partial charge in [-0.2, -0.15) is 0 Å². The maximum absolute atomic E-state index is 9.76. The first-order chi connectivity index (χ1) is 6.97. The number of nitrogens with zero attached hydrogens (tertiary/aromatic N) is 1. The summed E-state index contributed by atoms with van der Waals surface area (Å²) in [6.45, 7) is 2.24. The van der Waals surface area contributed by atoms with Gasteiger partial charge in [0, 0.05) is 6.54 Å². The van der Waals surface area contributed by atoms with Crippen molar-refractivity contribution in [1.82, 2.24) is 4.90 Å². The van der Waals surface area contributed by atoms with Gasteiger partial charge in [-0.05, 0) is 32.6 Å². The summed E-state index contributed by atoms with van der Waals surface area (Å²) >= 11 is 0. The second-order valence-corrected chi connectivity index (χ2v) is 3.81. The maximum atomic E-state index is 9.76. The summed E-state index contributed by atoms with van der Waals surface area (Å²) in [4.78, 5) is 1.90. The van der Waals surface area contributed by atoms with Crippen LogP contribution in [0.1, 0.15) is 11.1 Å². The first kappa shape index (κ1) is 11.7. The molecular weight excluding hydrogens is 194 g/mol. The summed E-state index contributed by atoms with van der Waals surface area (Å²) in [6, 6.07) is 1.54. The van der Waals surface area contributed by atoms with Gasteiger partial charge in [0.2, 0.25) is 0 Å². The number of phenolic OH excluding ortho intramolecular Hbond substituents is 2. The van der Waals surface area contributed by atoms with Gasteiger partial charge in [0.05, 0.1) is 12.7 Å². The lowest BCUT2D eigenvalue weighted by Crippen LogP contribution is -2.12. The van der Waals surface area contributed by atoms with Crippen molar-refractivity contribution in [2.45, 2.75) is 13.5 Å². The lowest BCUT2D eigenvalue weighted by atomic mass is 10.1. The van der Waals surface area contributed by atoms with Crippen molar-refractivity contribution < 1.29 is 14.9 Å². The SMILES string of the molecule is COc1c(O)c(C)cc(O)c1CN(C)C. The monoisotopic (exact) mass is 211 g/mol. The molecule has 0 aliphatic carbocycles. The van der Waals surface area contributed by atoms with Crippen LogP contribution in [0.4, 0.5) is 0 Å². The molecular formula is C11H17NO3. The highest BCUT2D eigenvalue weighted by molar-refractivity contribution is 5.56. The average Bonchev–Trinajstić information content (AvgIpc) is 2.14. The van der Waals surface area contributed by atoms with Crippen LogP contribution >= 0.6 is 0 Å². The molecule has 0 aromatic heterocycles. The van der Waals surface area contributed by atoms with Crippen LogP contribution in [0.2, 0.25) is 0 Å². The molecule has 1 aromatic carbocycles. The van der Waals surface area contributed by atoms with Crippen molar-refractivity contribution in [3.8, 4) is 17.2 Å². The molecule has 0 fully saturated rings. The molecule has 0 radical (unpaired) electrons. The van der Waals surface area contributed by atoms with Gasteiger partial charge in [-0.1, -0.05) is 0 Å². The Hall–Kier alpha value is -1.42. The summed E-state index contributed by atoms with van der Waals surface area (Å²) in [5.41, 5.74) is 1.21. The Kier molecular flexibility index (Phi) is 3.42. The number of hydrogen-bond donors (Lipinski definition) is 2. The Morgan fingerprint density at radius 1 is 1.33 bits per heavy atom. The van der Waals surface area contributed by atoms with Crippen molar-refractivity contribution in [3.63, 3.8) is 0 Å². The number of aromatic hydroxyl groups is 2. The van der Waals surface area contributed by atoms with E-state index in [9.17, 15) is 10.2 Å². The molecule has 0 amide bonds. The molecule has 0 aliphatic heterocycles. The minimum absolute atomic E-state index is 0.0900. The Labute approximate surface area is 89.7 Å². The highest BCUT2D eigenvalue weighted by Gasteiger charge is 2.16. The minimum atomic E-state index is 0.0900. The van der Waals surface area contributed by atoms with Crippen molar-refractivity contribution in [2.75, 3.05) is 21.2 Å². The zero-order valence-electron chi connectivity index (χ0n) is 9.53. The summed E-state index contributed by atoms with van der Waals surface area (Å²) in [7, 11) is 5.25. The minimum Gasteiger partial charge on any atom is -0.507 e. The molecule has 0 saturated heterocycles. The fourth-order valence-corrected chi connectivity index (χ4v) is 1.49. The Morgan fingerprint density at radius 3 is 2.40 bits per heavy atom. The van der Waals surface area contributed by atoms with Crippen LogP contribution in [-0.2, 0) is 6.54 Å². The molecule has 0 atom stereocenters. The van der Waals surface area contributed by atoms with E-state index in [2.05, 4.69) is 0 Å². The lowest BCUT2D eigenvalue weighted by molar-refractivity contribution is 0.337. The molecule has 4 heteroatoms. The number of phenols is 2. The van der Waals surface area contributed by atoms with E-state index in [1.165, 1.54) is 13.2 Å². The molecule has 0 saturated carbocycles. The van der Waals surface area contributed by atoms with Gasteiger partial charge >= 0.3 is 0 Å². The quantitative estimate of drug-likeness (QED) is 0.743. The Morgan fingerprint density at radius 2 is 1.93 bits per heavy atom. The van der Waals surface area contributed by atoms with Crippen LogP contribution in [0.25, 0.3) is 0 Å². The molecule has 4 nitrogen and oxygen atoms in total. The van der Waals surface area contributed by atoms with E-state index in [4.69, 9.17) is 4.74 Å². The zero-order valence-corrected chi connectivity index (χ0v) is 9.53. The maximum Gasteiger partial charge on any atom is 0.168 e. The number of benzene rings is 1. The van der Waals surface area contributed by atoms with Crippen molar-refractivity contribution in [2.24, 2.45) is 0 Å². The van der Waals surface area contributed by atoms with E-state index in [1.807, 2.05) is 19.0 Å². The van der Waals surface area contributed by atoms with E-state index >= 15 is 0 Å².